The Morgan fingerprint density at radius 1 is 1.06 bits per heavy atom. The van der Waals surface area contributed by atoms with Crippen molar-refractivity contribution in [2.45, 2.75) is 40.2 Å². The van der Waals surface area contributed by atoms with Gasteiger partial charge in [-0.25, -0.2) is 9.97 Å². The van der Waals surface area contributed by atoms with Gasteiger partial charge in [-0.1, -0.05) is 12.1 Å². The zero-order valence-corrected chi connectivity index (χ0v) is 21.4. The van der Waals surface area contributed by atoms with E-state index in [1.165, 1.54) is 6.21 Å². The van der Waals surface area contributed by atoms with Gasteiger partial charge in [0.05, 0.1) is 17.8 Å². The normalized spacial score (nSPS) is 11.6. The van der Waals surface area contributed by atoms with Crippen molar-refractivity contribution in [1.82, 2.24) is 20.6 Å². The number of fused-ring (bicyclic) bond motifs is 1. The van der Waals surface area contributed by atoms with Crippen molar-refractivity contribution in [3.8, 4) is 22.9 Å². The lowest BCUT2D eigenvalue weighted by Crippen LogP contribution is -2.43. The molecule has 0 aliphatic carbocycles. The number of aromatic nitrogens is 2. The summed E-state index contributed by atoms with van der Waals surface area (Å²) in [5.41, 5.74) is 1.67. The number of carbonyl (C=O) groups excluding carboxylic acids is 1. The Bertz CT molecular complexity index is 1250. The van der Waals surface area contributed by atoms with Crippen molar-refractivity contribution in [1.29, 1.82) is 5.41 Å². The van der Waals surface area contributed by atoms with Crippen LogP contribution in [0.1, 0.15) is 34.6 Å². The van der Waals surface area contributed by atoms with E-state index in [-0.39, 0.29) is 18.1 Å². The lowest BCUT2D eigenvalue weighted by atomic mass is 10.1. The van der Waals surface area contributed by atoms with Gasteiger partial charge in [-0.05, 0) is 65.0 Å². The molecule has 3 aromatic rings. The SMILES string of the molecule is CCN/C=C(\C=N)Nc1nc(-c2cccc(OCC(=O)NC(C)(C)C)c2)nc2ccc(OCC)cc12. The molecule has 1 aromatic heterocycles. The summed E-state index contributed by atoms with van der Waals surface area (Å²) in [5, 5.41) is 17.7. The van der Waals surface area contributed by atoms with E-state index in [1.54, 1.807) is 18.3 Å². The third kappa shape index (κ3) is 7.43. The largest absolute Gasteiger partial charge is 0.494 e. The summed E-state index contributed by atoms with van der Waals surface area (Å²) in [6, 6.07) is 12.9. The molecule has 0 atom stereocenters. The molecule has 0 radical (unpaired) electrons. The minimum Gasteiger partial charge on any atom is -0.494 e. The fourth-order valence-electron chi connectivity index (χ4n) is 3.38. The average Bonchev–Trinajstić information content (AvgIpc) is 2.84. The number of rotatable bonds is 11. The summed E-state index contributed by atoms with van der Waals surface area (Å²) in [5.74, 6) is 2.07. The summed E-state index contributed by atoms with van der Waals surface area (Å²) in [4.78, 5) is 21.7. The number of allylic oxidation sites excluding steroid dienone is 1. The maximum absolute atomic E-state index is 12.2. The molecule has 0 spiro atoms. The lowest BCUT2D eigenvalue weighted by Gasteiger charge is -2.20. The fourth-order valence-corrected chi connectivity index (χ4v) is 3.38. The predicted octanol–water partition coefficient (Wildman–Crippen LogP) is 4.50. The molecule has 4 N–H and O–H groups in total. The Balaban J connectivity index is 1.97. The molecule has 0 bridgehead atoms. The van der Waals surface area contributed by atoms with E-state index in [2.05, 4.69) is 16.0 Å². The number of anilines is 1. The predicted molar refractivity (Wildman–Crippen MR) is 144 cm³/mol. The second kappa shape index (κ2) is 12.0. The zero-order chi connectivity index (χ0) is 26.1. The number of ether oxygens (including phenoxy) is 2. The van der Waals surface area contributed by atoms with Crippen LogP contribution in [0.4, 0.5) is 5.82 Å². The Morgan fingerprint density at radius 3 is 2.53 bits per heavy atom. The van der Waals surface area contributed by atoms with Crippen molar-refractivity contribution in [3.05, 3.63) is 54.4 Å². The number of nitrogens with one attached hydrogen (secondary N) is 4. The summed E-state index contributed by atoms with van der Waals surface area (Å²) in [6.45, 7) is 10.8. The van der Waals surface area contributed by atoms with Crippen LogP contribution in [0.3, 0.4) is 0 Å². The minimum atomic E-state index is -0.330. The van der Waals surface area contributed by atoms with E-state index in [1.807, 2.05) is 65.0 Å². The molecule has 0 aliphatic rings. The van der Waals surface area contributed by atoms with Gasteiger partial charge in [0, 0.05) is 35.4 Å². The van der Waals surface area contributed by atoms with Crippen molar-refractivity contribution >= 4 is 28.8 Å². The Morgan fingerprint density at radius 2 is 1.83 bits per heavy atom. The second-order valence-electron chi connectivity index (χ2n) is 9.05. The van der Waals surface area contributed by atoms with Crippen LogP contribution >= 0.6 is 0 Å². The molecule has 2 aromatic carbocycles. The Labute approximate surface area is 211 Å². The van der Waals surface area contributed by atoms with Gasteiger partial charge in [0.2, 0.25) is 0 Å². The first-order chi connectivity index (χ1) is 17.2. The third-order valence-electron chi connectivity index (χ3n) is 4.83. The minimum absolute atomic E-state index is 0.0930. The van der Waals surface area contributed by atoms with Gasteiger partial charge in [0.15, 0.2) is 12.4 Å². The third-order valence-corrected chi connectivity index (χ3v) is 4.83. The molecule has 190 valence electrons. The van der Waals surface area contributed by atoms with E-state index >= 15 is 0 Å². The van der Waals surface area contributed by atoms with Crippen LogP contribution in [0.15, 0.2) is 54.4 Å². The van der Waals surface area contributed by atoms with Gasteiger partial charge in [-0.2, -0.15) is 0 Å². The first kappa shape index (κ1) is 26.5. The van der Waals surface area contributed by atoms with Crippen LogP contribution in [0, 0.1) is 5.41 Å². The molecular formula is C27H34N6O3. The zero-order valence-electron chi connectivity index (χ0n) is 21.4. The summed E-state index contributed by atoms with van der Waals surface area (Å²) in [6.07, 6.45) is 2.95. The van der Waals surface area contributed by atoms with E-state index in [9.17, 15) is 4.79 Å². The van der Waals surface area contributed by atoms with Gasteiger partial charge in [-0.15, -0.1) is 0 Å². The standard InChI is InChI=1S/C27H34N6O3/c1-6-29-16-19(15-28)30-26-22-14-21(35-7-2)11-12-23(22)31-25(32-26)18-9-8-10-20(13-18)36-17-24(34)33-27(3,4)5/h8-16,28-29H,6-7,17H2,1-5H3,(H,33,34)(H,30,31,32)/b19-16+,28-15?. The van der Waals surface area contributed by atoms with E-state index in [0.29, 0.717) is 35.4 Å². The van der Waals surface area contributed by atoms with Gasteiger partial charge in [-0.3, -0.25) is 4.79 Å². The number of amides is 1. The highest BCUT2D eigenvalue weighted by Gasteiger charge is 2.15. The molecule has 1 amide bonds. The Hall–Kier alpha value is -4.14. The molecule has 3 rings (SSSR count). The van der Waals surface area contributed by atoms with Crippen molar-refractivity contribution in [3.63, 3.8) is 0 Å². The Kier molecular flexibility index (Phi) is 8.83. The van der Waals surface area contributed by atoms with Crippen molar-refractivity contribution < 1.29 is 14.3 Å². The molecule has 0 saturated heterocycles. The van der Waals surface area contributed by atoms with Gasteiger partial charge in [0.1, 0.15) is 17.3 Å². The molecule has 9 nitrogen and oxygen atoms in total. The summed E-state index contributed by atoms with van der Waals surface area (Å²) in [7, 11) is 0. The molecule has 36 heavy (non-hydrogen) atoms. The average molecular weight is 491 g/mol. The van der Waals surface area contributed by atoms with Crippen LogP contribution in [-0.2, 0) is 4.79 Å². The number of benzene rings is 2. The molecular weight excluding hydrogens is 456 g/mol. The number of carbonyl (C=O) groups is 1. The van der Waals surface area contributed by atoms with Crippen LogP contribution in [-0.4, -0.2) is 47.4 Å². The van der Waals surface area contributed by atoms with E-state index in [4.69, 9.17) is 24.9 Å². The molecule has 9 heteroatoms. The van der Waals surface area contributed by atoms with Crippen molar-refractivity contribution in [2.75, 3.05) is 25.1 Å². The molecule has 1 heterocycles. The van der Waals surface area contributed by atoms with E-state index in [0.717, 1.165) is 23.0 Å². The fraction of sp³-hybridized carbons (Fsp3) is 0.333. The first-order valence-electron chi connectivity index (χ1n) is 11.9. The highest BCUT2D eigenvalue weighted by atomic mass is 16.5. The molecule has 0 saturated carbocycles. The van der Waals surface area contributed by atoms with Gasteiger partial charge < -0.3 is 30.8 Å². The van der Waals surface area contributed by atoms with Crippen LogP contribution in [0.25, 0.3) is 22.3 Å². The van der Waals surface area contributed by atoms with Crippen molar-refractivity contribution in [2.24, 2.45) is 0 Å². The monoisotopic (exact) mass is 490 g/mol. The van der Waals surface area contributed by atoms with Crippen LogP contribution < -0.4 is 25.4 Å². The number of hydrogen-bond donors (Lipinski definition) is 4. The topological polar surface area (TPSA) is 121 Å². The number of hydrogen-bond acceptors (Lipinski definition) is 8. The number of nitrogens with zero attached hydrogens (tertiary/aromatic N) is 2. The van der Waals surface area contributed by atoms with Crippen LogP contribution in [0.2, 0.25) is 0 Å². The highest BCUT2D eigenvalue weighted by molar-refractivity contribution is 5.94. The quantitative estimate of drug-likeness (QED) is 0.292. The summed E-state index contributed by atoms with van der Waals surface area (Å²) >= 11 is 0. The van der Waals surface area contributed by atoms with Gasteiger partial charge in [0.25, 0.3) is 5.91 Å². The summed E-state index contributed by atoms with van der Waals surface area (Å²) < 4.78 is 11.4. The smallest absolute Gasteiger partial charge is 0.258 e. The second-order valence-corrected chi connectivity index (χ2v) is 9.05. The molecule has 0 fully saturated rings. The molecule has 0 aliphatic heterocycles. The first-order valence-corrected chi connectivity index (χ1v) is 11.9. The van der Waals surface area contributed by atoms with Crippen LogP contribution in [0.5, 0.6) is 11.5 Å². The van der Waals surface area contributed by atoms with Gasteiger partial charge >= 0.3 is 0 Å². The maximum atomic E-state index is 12.2. The maximum Gasteiger partial charge on any atom is 0.258 e. The highest BCUT2D eigenvalue weighted by Crippen LogP contribution is 2.30. The van der Waals surface area contributed by atoms with E-state index < -0.39 is 0 Å². The molecule has 0 unspecified atom stereocenters. The lowest BCUT2D eigenvalue weighted by molar-refractivity contribution is -0.124.